The van der Waals surface area contributed by atoms with Gasteiger partial charge in [-0.05, 0) is 0 Å². The molecule has 0 unspecified atom stereocenters. The summed E-state index contributed by atoms with van der Waals surface area (Å²) in [6.45, 7) is 0. The molecule has 0 aromatic heterocycles. The topological polar surface area (TPSA) is 235 Å². The van der Waals surface area contributed by atoms with Crippen LogP contribution in [0.4, 0.5) is 0 Å². The van der Waals surface area contributed by atoms with Crippen molar-refractivity contribution in [2.24, 2.45) is 0 Å². The first-order valence-corrected chi connectivity index (χ1v) is 10.6. The summed E-state index contributed by atoms with van der Waals surface area (Å²) in [5, 5.41) is 0. The summed E-state index contributed by atoms with van der Waals surface area (Å²) in [4.78, 5) is 0. The van der Waals surface area contributed by atoms with Gasteiger partial charge >= 0.3 is 59.1 Å². The Morgan fingerprint density at radius 2 is 0.895 bits per heavy atom. The third kappa shape index (κ3) is 76.8. The zero-order valence-electron chi connectivity index (χ0n) is 9.20. The van der Waals surface area contributed by atoms with Crippen LogP contribution >= 0.6 is 19.7 Å². The van der Waals surface area contributed by atoms with Crippen LogP contribution in [0, 0.1) is 0 Å². The zero-order valence-corrected chi connectivity index (χ0v) is 18.1. The summed E-state index contributed by atoms with van der Waals surface area (Å²) in [5.74, 6) is 0. The molecule has 0 saturated carbocycles. The van der Waals surface area contributed by atoms with Crippen LogP contribution in [0.3, 0.4) is 0 Å². The standard InChI is InChI=1S/2Na.H2O6S4.H2O3S2.2H2O/c;;1-9(2,3)7-8-10(4,5)6;1-5(2,3)4;;/h;;(H,1,2,3)(H,4,5,6);(H2,1,2,3,4);2*1H2/q2*+1;;;;/p-2. The molecule has 0 aliphatic heterocycles. The Morgan fingerprint density at radius 1 is 0.789 bits per heavy atom. The fourth-order valence-electron chi connectivity index (χ4n) is 0.0680. The second kappa shape index (κ2) is 15.6. The van der Waals surface area contributed by atoms with Crippen molar-refractivity contribution < 1.29 is 109 Å². The van der Waals surface area contributed by atoms with Gasteiger partial charge in [-0.3, -0.25) is 9.11 Å². The Hall–Kier alpha value is 2.73. The average molecular weight is 420 g/mol. The van der Waals surface area contributed by atoms with E-state index in [1.807, 2.05) is 0 Å². The van der Waals surface area contributed by atoms with E-state index in [9.17, 15) is 25.9 Å². The second-order valence-electron chi connectivity index (χ2n) is 1.40. The summed E-state index contributed by atoms with van der Waals surface area (Å²) in [6.07, 6.45) is 0. The molecule has 0 aromatic carbocycles. The molecule has 0 aromatic rings. The van der Waals surface area contributed by atoms with Crippen molar-refractivity contribution in [2.45, 2.75) is 0 Å². The van der Waals surface area contributed by atoms with Gasteiger partial charge < -0.3 is 20.1 Å². The van der Waals surface area contributed by atoms with Gasteiger partial charge in [-0.1, -0.05) is 0 Å². The molecule has 0 amide bonds. The summed E-state index contributed by atoms with van der Waals surface area (Å²) >= 11 is 3.47. The van der Waals surface area contributed by atoms with Crippen molar-refractivity contribution in [3.05, 3.63) is 0 Å². The van der Waals surface area contributed by atoms with Crippen LogP contribution in [0.5, 0.6) is 0 Å². The first-order valence-electron chi connectivity index (χ1n) is 2.20. The van der Waals surface area contributed by atoms with Crippen LogP contribution in [0.15, 0.2) is 0 Å². The van der Waals surface area contributed by atoms with Gasteiger partial charge in [0.15, 0.2) is 18.3 Å². The maximum atomic E-state index is 9.66. The van der Waals surface area contributed by atoms with Crippen LogP contribution in [-0.4, -0.2) is 50.2 Å². The monoisotopic (exact) mass is 420 g/mol. The Balaban J connectivity index is -0.0000000418. The molecular weight excluding hydrogens is 414 g/mol. The van der Waals surface area contributed by atoms with E-state index >= 15 is 0 Å². The molecular formula is H6Na2O11S6. The third-order valence-electron chi connectivity index (χ3n) is 0.194. The molecule has 0 radical (unpaired) electrons. The first kappa shape index (κ1) is 37.7. The van der Waals surface area contributed by atoms with Gasteiger partial charge in [-0.15, -0.1) is 0 Å². The van der Waals surface area contributed by atoms with Crippen LogP contribution in [0.1, 0.15) is 0 Å². The van der Waals surface area contributed by atoms with E-state index in [-0.39, 0.29) is 70.1 Å². The van der Waals surface area contributed by atoms with Crippen molar-refractivity contribution in [1.29, 1.82) is 0 Å². The van der Waals surface area contributed by atoms with Gasteiger partial charge in [0.25, 0.3) is 9.05 Å². The number of rotatable bonds is 3. The van der Waals surface area contributed by atoms with Crippen LogP contribution in [-0.2, 0) is 38.5 Å². The van der Waals surface area contributed by atoms with Gasteiger partial charge in [0.05, 0.1) is 0 Å². The molecule has 19 heteroatoms. The molecule has 11 nitrogen and oxygen atoms in total. The molecule has 0 atom stereocenters. The minimum absolute atomic E-state index is 0. The van der Waals surface area contributed by atoms with E-state index in [0.717, 1.165) is 0 Å². The van der Waals surface area contributed by atoms with E-state index in [4.69, 9.17) is 13.3 Å². The summed E-state index contributed by atoms with van der Waals surface area (Å²) < 4.78 is 81.9. The van der Waals surface area contributed by atoms with Crippen LogP contribution in [0.25, 0.3) is 0 Å². The summed E-state index contributed by atoms with van der Waals surface area (Å²) in [6, 6.07) is 0. The van der Waals surface area contributed by atoms with Crippen molar-refractivity contribution in [1.82, 2.24) is 0 Å². The molecule has 0 rings (SSSR count). The second-order valence-corrected chi connectivity index (χ2v) is 11.2. The van der Waals surface area contributed by atoms with Crippen LogP contribution < -0.4 is 59.1 Å². The molecule has 0 saturated heterocycles. The predicted octanol–water partition coefficient (Wildman–Crippen LogP) is -8.67. The molecule has 0 bridgehead atoms. The maximum absolute atomic E-state index is 9.66. The van der Waals surface area contributed by atoms with Gasteiger partial charge in [0.2, 0.25) is 0 Å². The molecule has 6 N–H and O–H groups in total. The fourth-order valence-corrected chi connectivity index (χ4v) is 5.51. The molecule has 0 aliphatic carbocycles. The Morgan fingerprint density at radius 3 is 0.947 bits per heavy atom. The van der Waals surface area contributed by atoms with Gasteiger partial charge in [-0.2, -0.15) is 4.21 Å². The molecule has 0 fully saturated rings. The van der Waals surface area contributed by atoms with Crippen molar-refractivity contribution in [3.63, 3.8) is 0 Å². The van der Waals surface area contributed by atoms with E-state index in [0.29, 0.717) is 0 Å². The number of hydrogen-bond acceptors (Lipinski definition) is 10. The molecule has 0 spiro atoms. The first-order chi connectivity index (χ1) is 6.21. The molecule has 19 heavy (non-hydrogen) atoms. The van der Waals surface area contributed by atoms with Gasteiger partial charge in [-0.25, -0.2) is 16.8 Å². The number of hydrogen-bond donors (Lipinski definition) is 2. The van der Waals surface area contributed by atoms with Crippen molar-refractivity contribution >= 4 is 58.2 Å². The van der Waals surface area contributed by atoms with Gasteiger partial charge in [0.1, 0.15) is 0 Å². The zero-order chi connectivity index (χ0) is 12.9. The van der Waals surface area contributed by atoms with E-state index in [2.05, 4.69) is 11.2 Å². The molecule has 0 aliphatic rings. The third-order valence-corrected chi connectivity index (χ3v) is 6.75. The maximum Gasteiger partial charge on any atom is 1.00 e. The Bertz CT molecular complexity index is 429. The minimum atomic E-state index is -4.71. The molecule has 0 heterocycles. The Labute approximate surface area is 165 Å². The average Bonchev–Trinajstić information content (AvgIpc) is 1.76. The van der Waals surface area contributed by atoms with Crippen molar-refractivity contribution in [3.8, 4) is 0 Å². The Kier molecular flexibility index (Phi) is 31.0. The summed E-state index contributed by atoms with van der Waals surface area (Å²) in [5.41, 5.74) is 0. The normalized spacial score (nSPS) is 10.1. The van der Waals surface area contributed by atoms with E-state index < -0.39 is 47.0 Å². The van der Waals surface area contributed by atoms with Crippen LogP contribution in [0.2, 0.25) is 0 Å². The van der Waals surface area contributed by atoms with Gasteiger partial charge in [0, 0.05) is 30.8 Å². The quantitative estimate of drug-likeness (QED) is 0.246. The molecule has 110 valence electrons. The van der Waals surface area contributed by atoms with E-state index in [1.165, 1.54) is 0 Å². The largest absolute Gasteiger partial charge is 1.00 e. The van der Waals surface area contributed by atoms with Crippen molar-refractivity contribution in [2.75, 3.05) is 0 Å². The predicted molar refractivity (Wildman–Crippen MR) is 62.6 cm³/mol. The SMILES string of the molecule is O.O.O=S(=O)([O-])SSS(=O)(=O)[O-].O=S(O)(O)=S.[Na+].[Na+]. The fraction of sp³-hybridized carbons (Fsp3) is 0. The van der Waals surface area contributed by atoms with E-state index in [1.54, 1.807) is 0 Å². The smallest absolute Gasteiger partial charge is 0.739 e. The minimum Gasteiger partial charge on any atom is -0.739 e. The summed E-state index contributed by atoms with van der Waals surface area (Å²) in [7, 11) is -14.3.